The third kappa shape index (κ3) is 3.26. The molecule has 2 aromatic heterocycles. The summed E-state index contributed by atoms with van der Waals surface area (Å²) in [7, 11) is 0. The average molecular weight is 314 g/mol. The van der Waals surface area contributed by atoms with E-state index in [0.29, 0.717) is 17.8 Å². The van der Waals surface area contributed by atoms with Gasteiger partial charge in [0.05, 0.1) is 5.69 Å². The Kier molecular flexibility index (Phi) is 4.34. The second kappa shape index (κ2) is 6.58. The number of nitrogens with zero attached hydrogens (tertiary/aromatic N) is 1. The van der Waals surface area contributed by atoms with Crippen LogP contribution in [0.15, 0.2) is 60.2 Å². The monoisotopic (exact) mass is 314 g/mol. The zero-order valence-electron chi connectivity index (χ0n) is 11.8. The molecule has 112 valence electrons. The van der Waals surface area contributed by atoms with Crippen LogP contribution in [0.2, 0.25) is 0 Å². The normalized spacial score (nSPS) is 10.6. The maximum atomic E-state index is 12.8. The van der Waals surface area contributed by atoms with Gasteiger partial charge in [-0.15, -0.1) is 11.3 Å². The molecular formula is C17H15FN2OS. The van der Waals surface area contributed by atoms with Crippen LogP contribution >= 0.6 is 11.3 Å². The molecule has 0 aliphatic heterocycles. The summed E-state index contributed by atoms with van der Waals surface area (Å²) in [6, 6.07) is 12.1. The Bertz CT molecular complexity index is 747. The maximum Gasteiger partial charge on any atom is 0.263 e. The molecule has 0 aliphatic rings. The lowest BCUT2D eigenvalue weighted by Crippen LogP contribution is -2.25. The lowest BCUT2D eigenvalue weighted by atomic mass is 10.1. The Morgan fingerprint density at radius 3 is 2.59 bits per heavy atom. The highest BCUT2D eigenvalue weighted by Crippen LogP contribution is 2.21. The van der Waals surface area contributed by atoms with E-state index in [-0.39, 0.29) is 11.7 Å². The Balaban J connectivity index is 1.61. The molecule has 0 unspecified atom stereocenters. The molecule has 0 bridgehead atoms. The van der Waals surface area contributed by atoms with Crippen LogP contribution in [0.3, 0.4) is 0 Å². The third-order valence-electron chi connectivity index (χ3n) is 3.35. The standard InChI is InChI=1S/C17H15FN2OS/c18-14-5-3-13(4-6-14)7-9-19-17(21)16-15(8-12-22-16)20-10-1-2-11-20/h1-6,8,10-12H,7,9H2,(H,19,21). The van der Waals surface area contributed by atoms with Gasteiger partial charge in [0.2, 0.25) is 0 Å². The lowest BCUT2D eigenvalue weighted by molar-refractivity contribution is 0.0958. The molecule has 1 aromatic carbocycles. The van der Waals surface area contributed by atoms with E-state index in [1.807, 2.05) is 40.5 Å². The minimum atomic E-state index is -0.247. The second-order valence-electron chi connectivity index (χ2n) is 4.86. The van der Waals surface area contributed by atoms with Crippen molar-refractivity contribution in [2.75, 3.05) is 6.54 Å². The highest BCUT2D eigenvalue weighted by molar-refractivity contribution is 7.12. The molecule has 2 heterocycles. The number of aromatic nitrogens is 1. The number of carbonyl (C=O) groups is 1. The van der Waals surface area contributed by atoms with E-state index in [0.717, 1.165) is 11.3 Å². The first kappa shape index (κ1) is 14.5. The first-order valence-corrected chi connectivity index (χ1v) is 7.85. The van der Waals surface area contributed by atoms with Crippen molar-refractivity contribution in [3.05, 3.63) is 76.5 Å². The van der Waals surface area contributed by atoms with Crippen LogP contribution in [-0.2, 0) is 6.42 Å². The van der Waals surface area contributed by atoms with Gasteiger partial charge in [-0.05, 0) is 47.7 Å². The van der Waals surface area contributed by atoms with Crippen LogP contribution in [0, 0.1) is 5.82 Å². The van der Waals surface area contributed by atoms with Gasteiger partial charge in [0.25, 0.3) is 5.91 Å². The smallest absolute Gasteiger partial charge is 0.263 e. The fourth-order valence-corrected chi connectivity index (χ4v) is 3.03. The highest BCUT2D eigenvalue weighted by atomic mass is 32.1. The predicted octanol–water partition coefficient (Wildman–Crippen LogP) is 3.65. The van der Waals surface area contributed by atoms with E-state index in [1.165, 1.54) is 23.5 Å². The average Bonchev–Trinajstić information content (AvgIpc) is 3.19. The van der Waals surface area contributed by atoms with Crippen LogP contribution < -0.4 is 5.32 Å². The topological polar surface area (TPSA) is 34.0 Å². The molecule has 0 aliphatic carbocycles. The number of carbonyl (C=O) groups excluding carboxylic acids is 1. The summed E-state index contributed by atoms with van der Waals surface area (Å²) in [5, 5.41) is 4.82. The van der Waals surface area contributed by atoms with Gasteiger partial charge in [0.15, 0.2) is 0 Å². The quantitative estimate of drug-likeness (QED) is 0.766. The van der Waals surface area contributed by atoms with E-state index >= 15 is 0 Å². The van der Waals surface area contributed by atoms with Gasteiger partial charge in [-0.1, -0.05) is 12.1 Å². The van der Waals surface area contributed by atoms with Crippen molar-refractivity contribution in [3.8, 4) is 5.69 Å². The van der Waals surface area contributed by atoms with E-state index in [4.69, 9.17) is 0 Å². The molecule has 3 aromatic rings. The molecule has 3 rings (SSSR count). The van der Waals surface area contributed by atoms with Crippen LogP contribution in [0.5, 0.6) is 0 Å². The number of thiophene rings is 1. The van der Waals surface area contributed by atoms with Gasteiger partial charge in [-0.25, -0.2) is 4.39 Å². The molecule has 1 amide bonds. The number of hydrogen-bond acceptors (Lipinski definition) is 2. The molecule has 3 nitrogen and oxygen atoms in total. The van der Waals surface area contributed by atoms with Crippen molar-refractivity contribution in [2.24, 2.45) is 0 Å². The first-order valence-electron chi connectivity index (χ1n) is 6.97. The second-order valence-corrected chi connectivity index (χ2v) is 5.77. The highest BCUT2D eigenvalue weighted by Gasteiger charge is 2.13. The Morgan fingerprint density at radius 2 is 1.86 bits per heavy atom. The summed E-state index contributed by atoms with van der Waals surface area (Å²) >= 11 is 1.42. The summed E-state index contributed by atoms with van der Waals surface area (Å²) in [6.45, 7) is 0.521. The lowest BCUT2D eigenvalue weighted by Gasteiger charge is -2.07. The van der Waals surface area contributed by atoms with Gasteiger partial charge >= 0.3 is 0 Å². The van der Waals surface area contributed by atoms with Crippen LogP contribution in [0.1, 0.15) is 15.2 Å². The molecule has 0 spiro atoms. The number of amides is 1. The SMILES string of the molecule is O=C(NCCc1ccc(F)cc1)c1sccc1-n1cccc1. The van der Waals surface area contributed by atoms with E-state index in [9.17, 15) is 9.18 Å². The number of halogens is 1. The Morgan fingerprint density at radius 1 is 1.14 bits per heavy atom. The van der Waals surface area contributed by atoms with E-state index < -0.39 is 0 Å². The fraction of sp³-hybridized carbons (Fsp3) is 0.118. The van der Waals surface area contributed by atoms with Crippen LogP contribution in [0.4, 0.5) is 4.39 Å². The Labute approximate surface area is 132 Å². The number of rotatable bonds is 5. The molecule has 1 N–H and O–H groups in total. The van der Waals surface area contributed by atoms with Gasteiger partial charge in [0.1, 0.15) is 10.7 Å². The molecule has 0 radical (unpaired) electrons. The summed E-state index contributed by atoms with van der Waals surface area (Å²) in [5.41, 5.74) is 1.88. The molecule has 22 heavy (non-hydrogen) atoms. The van der Waals surface area contributed by atoms with E-state index in [1.54, 1.807) is 12.1 Å². The summed E-state index contributed by atoms with van der Waals surface area (Å²) < 4.78 is 14.8. The minimum absolute atomic E-state index is 0.0826. The zero-order valence-corrected chi connectivity index (χ0v) is 12.6. The molecule has 0 saturated carbocycles. The van der Waals surface area contributed by atoms with Gasteiger partial charge in [-0.2, -0.15) is 0 Å². The van der Waals surface area contributed by atoms with Crippen molar-refractivity contribution < 1.29 is 9.18 Å². The molecular weight excluding hydrogens is 299 g/mol. The minimum Gasteiger partial charge on any atom is -0.351 e. The predicted molar refractivity (Wildman–Crippen MR) is 86.1 cm³/mol. The molecule has 0 saturated heterocycles. The summed E-state index contributed by atoms with van der Waals surface area (Å²) in [4.78, 5) is 13.0. The molecule has 0 atom stereocenters. The van der Waals surface area contributed by atoms with Crippen molar-refractivity contribution >= 4 is 17.2 Å². The van der Waals surface area contributed by atoms with E-state index in [2.05, 4.69) is 5.32 Å². The molecule has 0 fully saturated rings. The maximum absolute atomic E-state index is 12.8. The van der Waals surface area contributed by atoms with Crippen LogP contribution in [-0.4, -0.2) is 17.0 Å². The van der Waals surface area contributed by atoms with Crippen molar-refractivity contribution in [2.45, 2.75) is 6.42 Å². The largest absolute Gasteiger partial charge is 0.351 e. The first-order chi connectivity index (χ1) is 10.7. The fourth-order valence-electron chi connectivity index (χ4n) is 2.22. The van der Waals surface area contributed by atoms with Crippen molar-refractivity contribution in [1.29, 1.82) is 0 Å². The molecule has 5 heteroatoms. The number of nitrogens with one attached hydrogen (secondary N) is 1. The van der Waals surface area contributed by atoms with Crippen molar-refractivity contribution in [3.63, 3.8) is 0 Å². The van der Waals surface area contributed by atoms with Gasteiger partial charge < -0.3 is 9.88 Å². The Hall–Kier alpha value is -2.40. The number of benzene rings is 1. The van der Waals surface area contributed by atoms with Crippen molar-refractivity contribution in [1.82, 2.24) is 9.88 Å². The van der Waals surface area contributed by atoms with Gasteiger partial charge in [-0.3, -0.25) is 4.79 Å². The summed E-state index contributed by atoms with van der Waals surface area (Å²) in [5.74, 6) is -0.330. The van der Waals surface area contributed by atoms with Gasteiger partial charge in [0, 0.05) is 18.9 Å². The zero-order chi connectivity index (χ0) is 15.4. The third-order valence-corrected chi connectivity index (χ3v) is 4.25. The van der Waals surface area contributed by atoms with Crippen LogP contribution in [0.25, 0.3) is 5.69 Å². The summed E-state index contributed by atoms with van der Waals surface area (Å²) in [6.07, 6.45) is 4.50. The number of hydrogen-bond donors (Lipinski definition) is 1.